The topological polar surface area (TPSA) is 54.5 Å². The first-order valence-corrected chi connectivity index (χ1v) is 9.11. The molecule has 3 aliphatic heterocycles. The van der Waals surface area contributed by atoms with Gasteiger partial charge >= 0.3 is 0 Å². The van der Waals surface area contributed by atoms with Crippen molar-refractivity contribution in [2.45, 2.75) is 12.1 Å². The number of ketones is 1. The number of hydrogen-bond acceptors (Lipinski definition) is 3. The molecule has 0 aromatic heterocycles. The number of carbonyl (C=O) groups is 3. The van der Waals surface area contributed by atoms with Gasteiger partial charge in [-0.05, 0) is 36.4 Å². The zero-order chi connectivity index (χ0) is 18.8. The van der Waals surface area contributed by atoms with E-state index in [-0.39, 0.29) is 28.1 Å². The zero-order valence-corrected chi connectivity index (χ0v) is 14.9. The summed E-state index contributed by atoms with van der Waals surface area (Å²) in [5.41, 5.74) is 1.52. The number of carbonyl (C=O) groups excluding carboxylic acids is 3. The number of nitrogens with zero attached hydrogens (tertiary/aromatic N) is 2. The highest BCUT2D eigenvalue weighted by atomic mass is 16.2. The predicted octanol–water partition coefficient (Wildman–Crippen LogP) is 2.32. The van der Waals surface area contributed by atoms with Gasteiger partial charge < -0.3 is 0 Å². The first-order chi connectivity index (χ1) is 13.0. The van der Waals surface area contributed by atoms with Crippen molar-refractivity contribution in [2.75, 3.05) is 11.9 Å². The van der Waals surface area contributed by atoms with E-state index in [1.807, 2.05) is 49.5 Å². The number of quaternary nitrogens is 1. The Morgan fingerprint density at radius 3 is 2.07 bits per heavy atom. The molecule has 0 spiro atoms. The molecule has 3 aliphatic rings. The van der Waals surface area contributed by atoms with Crippen LogP contribution in [0.15, 0.2) is 72.8 Å². The fraction of sp³-hybridized carbons (Fsp3) is 0.227. The maximum absolute atomic E-state index is 13.3. The Hall–Kier alpha value is -3.05. The molecule has 5 unspecified atom stereocenters. The van der Waals surface area contributed by atoms with E-state index in [1.165, 1.54) is 4.90 Å². The second-order valence-electron chi connectivity index (χ2n) is 7.58. The Bertz CT molecular complexity index is 985. The molecular weight excluding hydrogens is 340 g/mol. The third-order valence-corrected chi connectivity index (χ3v) is 6.38. The van der Waals surface area contributed by atoms with Crippen molar-refractivity contribution >= 4 is 29.0 Å². The van der Waals surface area contributed by atoms with Gasteiger partial charge in [0.05, 0.1) is 12.7 Å². The summed E-state index contributed by atoms with van der Waals surface area (Å²) in [6.07, 6.45) is 3.39. The van der Waals surface area contributed by atoms with Crippen molar-refractivity contribution in [2.24, 2.45) is 11.8 Å². The molecule has 134 valence electrons. The first-order valence-electron chi connectivity index (χ1n) is 9.11. The third kappa shape index (κ3) is 1.95. The molecule has 2 bridgehead atoms. The number of amides is 2. The molecule has 2 amide bonds. The van der Waals surface area contributed by atoms with Crippen LogP contribution in [0, 0.1) is 11.8 Å². The smallest absolute Gasteiger partial charge is 0.244 e. The average molecular weight is 359 g/mol. The van der Waals surface area contributed by atoms with E-state index in [1.54, 1.807) is 30.3 Å². The number of hydrogen-bond donors (Lipinski definition) is 0. The highest BCUT2D eigenvalue weighted by Gasteiger charge is 2.72. The molecule has 0 aliphatic carbocycles. The van der Waals surface area contributed by atoms with E-state index >= 15 is 0 Å². The van der Waals surface area contributed by atoms with E-state index in [2.05, 4.69) is 0 Å². The average Bonchev–Trinajstić information content (AvgIpc) is 3.02. The summed E-state index contributed by atoms with van der Waals surface area (Å²) in [5, 5.41) is 0. The summed E-state index contributed by atoms with van der Waals surface area (Å²) in [6.45, 7) is 0. The normalized spacial score (nSPS) is 34.3. The molecular formula is C22H19N2O3+. The monoisotopic (exact) mass is 359 g/mol. The Balaban J connectivity index is 1.66. The molecule has 27 heavy (non-hydrogen) atoms. The second kappa shape index (κ2) is 5.47. The van der Waals surface area contributed by atoms with E-state index in [0.29, 0.717) is 5.69 Å². The van der Waals surface area contributed by atoms with Crippen molar-refractivity contribution in [3.8, 4) is 0 Å². The molecule has 5 rings (SSSR count). The minimum absolute atomic E-state index is 0.0823. The highest BCUT2D eigenvalue weighted by molar-refractivity contribution is 6.25. The molecule has 2 saturated heterocycles. The largest absolute Gasteiger partial charge is 0.288 e. The lowest BCUT2D eigenvalue weighted by Crippen LogP contribution is -2.62. The quantitative estimate of drug-likeness (QED) is 0.611. The summed E-state index contributed by atoms with van der Waals surface area (Å²) in [6, 6.07) is 17.9. The van der Waals surface area contributed by atoms with Crippen LogP contribution in [0.1, 0.15) is 0 Å². The van der Waals surface area contributed by atoms with Crippen LogP contribution >= 0.6 is 0 Å². The number of fused-ring (bicyclic) bond motifs is 5. The lowest BCUT2D eigenvalue weighted by atomic mass is 9.90. The first kappa shape index (κ1) is 16.1. The summed E-state index contributed by atoms with van der Waals surface area (Å²) in [7, 11) is 1.97. The Morgan fingerprint density at radius 2 is 1.41 bits per heavy atom. The minimum atomic E-state index is -0.629. The minimum Gasteiger partial charge on any atom is -0.288 e. The molecule has 2 aromatic rings. The summed E-state index contributed by atoms with van der Waals surface area (Å²) < 4.78 is 0.283. The number of rotatable bonds is 2. The Labute approximate surface area is 157 Å². The second-order valence-corrected chi connectivity index (χ2v) is 7.58. The van der Waals surface area contributed by atoms with Gasteiger partial charge in [-0.2, -0.15) is 0 Å². The summed E-state index contributed by atoms with van der Waals surface area (Å²) >= 11 is 0. The number of anilines is 1. The van der Waals surface area contributed by atoms with E-state index in [9.17, 15) is 14.4 Å². The molecule has 2 fully saturated rings. The van der Waals surface area contributed by atoms with Crippen LogP contribution < -0.4 is 9.38 Å². The van der Waals surface area contributed by atoms with Crippen molar-refractivity contribution in [3.05, 3.63) is 72.8 Å². The van der Waals surface area contributed by atoms with Crippen molar-refractivity contribution < 1.29 is 14.4 Å². The molecule has 2 aromatic carbocycles. The van der Waals surface area contributed by atoms with Gasteiger partial charge in [0.1, 0.15) is 23.6 Å². The van der Waals surface area contributed by atoms with Gasteiger partial charge in [-0.25, -0.2) is 4.90 Å². The summed E-state index contributed by atoms with van der Waals surface area (Å²) in [4.78, 5) is 40.8. The molecule has 5 heteroatoms. The SMILES string of the molecule is C[N+]1(c2ccccc2)C2C=CC(=O)C1C1C(=O)N(c3ccccc3)C(=O)C12. The Kier molecular flexibility index (Phi) is 3.27. The van der Waals surface area contributed by atoms with Crippen molar-refractivity contribution in [3.63, 3.8) is 0 Å². The van der Waals surface area contributed by atoms with E-state index in [4.69, 9.17) is 0 Å². The van der Waals surface area contributed by atoms with Gasteiger partial charge in [0.2, 0.25) is 17.6 Å². The number of para-hydroxylation sites is 2. The van der Waals surface area contributed by atoms with Crippen LogP contribution in [0.5, 0.6) is 0 Å². The van der Waals surface area contributed by atoms with Crippen molar-refractivity contribution in [1.29, 1.82) is 0 Å². The fourth-order valence-electron chi connectivity index (χ4n) is 5.20. The molecule has 0 radical (unpaired) electrons. The van der Waals surface area contributed by atoms with Crippen LogP contribution in [0.25, 0.3) is 0 Å². The van der Waals surface area contributed by atoms with Crippen LogP contribution in [-0.2, 0) is 14.4 Å². The lowest BCUT2D eigenvalue weighted by Gasteiger charge is -2.42. The maximum Gasteiger partial charge on any atom is 0.244 e. The number of likely N-dealkylation sites (N-methyl/N-ethyl adjacent to an activating group) is 1. The van der Waals surface area contributed by atoms with Crippen LogP contribution in [-0.4, -0.2) is 36.7 Å². The molecule has 5 nitrogen and oxygen atoms in total. The van der Waals surface area contributed by atoms with E-state index < -0.39 is 17.9 Å². The van der Waals surface area contributed by atoms with Gasteiger partial charge in [0, 0.05) is 0 Å². The van der Waals surface area contributed by atoms with Gasteiger partial charge in [0.25, 0.3) is 0 Å². The molecule has 0 saturated carbocycles. The number of imide groups is 1. The number of benzene rings is 2. The van der Waals surface area contributed by atoms with E-state index in [0.717, 1.165) is 5.69 Å². The fourth-order valence-corrected chi connectivity index (χ4v) is 5.20. The highest BCUT2D eigenvalue weighted by Crippen LogP contribution is 2.52. The van der Waals surface area contributed by atoms with Gasteiger partial charge in [-0.15, -0.1) is 0 Å². The molecule has 0 N–H and O–H groups in total. The summed E-state index contributed by atoms with van der Waals surface area (Å²) in [5.74, 6) is -1.70. The van der Waals surface area contributed by atoms with Crippen LogP contribution in [0.3, 0.4) is 0 Å². The third-order valence-electron chi connectivity index (χ3n) is 6.38. The van der Waals surface area contributed by atoms with Crippen LogP contribution in [0.2, 0.25) is 0 Å². The van der Waals surface area contributed by atoms with Gasteiger partial charge in [-0.3, -0.25) is 18.9 Å². The molecule has 5 atom stereocenters. The zero-order valence-electron chi connectivity index (χ0n) is 14.9. The predicted molar refractivity (Wildman–Crippen MR) is 102 cm³/mol. The standard InChI is InChI=1S/C22H19N2O3/c1-24(15-10-6-3-7-11-15)16-12-13-17(25)20(24)19-18(16)21(26)23(22(19)27)14-8-4-2-5-9-14/h2-13,16,18-20H,1H3/q+1. The van der Waals surface area contributed by atoms with Crippen molar-refractivity contribution in [1.82, 2.24) is 4.48 Å². The lowest BCUT2D eigenvalue weighted by molar-refractivity contribution is -0.128. The van der Waals surface area contributed by atoms with Gasteiger partial charge in [-0.1, -0.05) is 36.4 Å². The molecule has 3 heterocycles. The van der Waals surface area contributed by atoms with Gasteiger partial charge in [0.15, 0.2) is 6.04 Å². The van der Waals surface area contributed by atoms with Crippen LogP contribution in [0.4, 0.5) is 11.4 Å². The maximum atomic E-state index is 13.3. The Morgan fingerprint density at radius 1 is 0.815 bits per heavy atom.